The van der Waals surface area contributed by atoms with Gasteiger partial charge in [0, 0.05) is 0 Å². The first-order valence-corrected chi connectivity index (χ1v) is 4.96. The van der Waals surface area contributed by atoms with Crippen LogP contribution < -0.4 is 0 Å². The van der Waals surface area contributed by atoms with Crippen molar-refractivity contribution >= 4 is 0 Å². The number of hydrogen-bond donors (Lipinski definition) is 1. The Morgan fingerprint density at radius 1 is 1.23 bits per heavy atom. The Morgan fingerprint density at radius 2 is 1.92 bits per heavy atom. The van der Waals surface area contributed by atoms with E-state index < -0.39 is 0 Å². The van der Waals surface area contributed by atoms with Crippen molar-refractivity contribution in [3.63, 3.8) is 0 Å². The second kappa shape index (κ2) is 3.15. The Labute approximate surface area is 79.4 Å². The van der Waals surface area contributed by atoms with E-state index in [1.807, 2.05) is 0 Å². The molecule has 0 bridgehead atoms. The Morgan fingerprint density at radius 3 is 2.69 bits per heavy atom. The largest absolute Gasteiger partial charge is 0.388 e. The highest BCUT2D eigenvalue weighted by molar-refractivity contribution is 5.39. The Kier molecular flexibility index (Phi) is 2.12. The molecule has 70 valence electrons. The molecular weight excluding hydrogens is 160 g/mol. The maximum atomic E-state index is 9.78. The lowest BCUT2D eigenvalue weighted by molar-refractivity contribution is 0.156. The zero-order valence-electron chi connectivity index (χ0n) is 8.30. The summed E-state index contributed by atoms with van der Waals surface area (Å²) < 4.78 is 0. The first kappa shape index (κ1) is 8.76. The van der Waals surface area contributed by atoms with Crippen molar-refractivity contribution in [3.8, 4) is 0 Å². The molecule has 1 nitrogen and oxygen atoms in total. The average molecular weight is 176 g/mol. The second-order valence-electron chi connectivity index (χ2n) is 4.04. The Balaban J connectivity index is 2.52. The van der Waals surface area contributed by atoms with Gasteiger partial charge in [0.05, 0.1) is 6.10 Å². The highest BCUT2D eigenvalue weighted by Gasteiger charge is 2.18. The average Bonchev–Trinajstić information content (AvgIpc) is 2.09. The fourth-order valence-electron chi connectivity index (χ4n) is 2.07. The summed E-state index contributed by atoms with van der Waals surface area (Å²) in [5.41, 5.74) is 5.14. The van der Waals surface area contributed by atoms with Crippen LogP contribution in [0.5, 0.6) is 0 Å². The summed E-state index contributed by atoms with van der Waals surface area (Å²) in [5, 5.41) is 9.78. The molecule has 0 radical (unpaired) electrons. The van der Waals surface area contributed by atoms with Gasteiger partial charge in [0.15, 0.2) is 0 Å². The van der Waals surface area contributed by atoms with Crippen molar-refractivity contribution in [1.29, 1.82) is 0 Å². The molecule has 0 fully saturated rings. The summed E-state index contributed by atoms with van der Waals surface area (Å²) in [7, 11) is 0. The molecule has 1 aromatic rings. The molecule has 0 saturated carbocycles. The SMILES string of the molecule is Cc1cc2c(cc1C)[C@@H](O)CCC2. The van der Waals surface area contributed by atoms with Crippen molar-refractivity contribution < 1.29 is 5.11 Å². The van der Waals surface area contributed by atoms with Crippen molar-refractivity contribution in [2.45, 2.75) is 39.2 Å². The fraction of sp³-hybridized carbons (Fsp3) is 0.500. The number of rotatable bonds is 0. The molecule has 1 atom stereocenters. The molecule has 0 unspecified atom stereocenters. The molecule has 1 N–H and O–H groups in total. The molecule has 0 aromatic heterocycles. The van der Waals surface area contributed by atoms with E-state index >= 15 is 0 Å². The molecule has 2 rings (SSSR count). The first-order chi connectivity index (χ1) is 6.18. The predicted octanol–water partition coefficient (Wildman–Crippen LogP) is 2.67. The summed E-state index contributed by atoms with van der Waals surface area (Å²) in [6.45, 7) is 4.24. The quantitative estimate of drug-likeness (QED) is 0.644. The van der Waals surface area contributed by atoms with E-state index in [0.717, 1.165) is 24.8 Å². The molecule has 0 saturated heterocycles. The minimum Gasteiger partial charge on any atom is -0.388 e. The standard InChI is InChI=1S/C12H16O/c1-8-6-10-4-3-5-12(13)11(10)7-9(8)2/h6-7,12-13H,3-5H2,1-2H3/t12-/m0/s1. The van der Waals surface area contributed by atoms with E-state index in [4.69, 9.17) is 0 Å². The smallest absolute Gasteiger partial charge is 0.0792 e. The van der Waals surface area contributed by atoms with Crippen LogP contribution in [-0.2, 0) is 6.42 Å². The van der Waals surface area contributed by atoms with Gasteiger partial charge < -0.3 is 5.11 Å². The summed E-state index contributed by atoms with van der Waals surface area (Å²) >= 11 is 0. The number of aryl methyl sites for hydroxylation is 3. The maximum absolute atomic E-state index is 9.78. The van der Waals surface area contributed by atoms with E-state index in [2.05, 4.69) is 26.0 Å². The predicted molar refractivity (Wildman–Crippen MR) is 53.8 cm³/mol. The van der Waals surface area contributed by atoms with Crippen LogP contribution in [0.15, 0.2) is 12.1 Å². The van der Waals surface area contributed by atoms with Gasteiger partial charge in [0.2, 0.25) is 0 Å². The lowest BCUT2D eigenvalue weighted by atomic mass is 9.87. The van der Waals surface area contributed by atoms with Gasteiger partial charge in [-0.15, -0.1) is 0 Å². The van der Waals surface area contributed by atoms with E-state index in [0.29, 0.717) is 0 Å². The summed E-state index contributed by atoms with van der Waals surface area (Å²) in [6.07, 6.45) is 2.96. The van der Waals surface area contributed by atoms with Crippen LogP contribution in [0.3, 0.4) is 0 Å². The van der Waals surface area contributed by atoms with E-state index in [1.54, 1.807) is 0 Å². The van der Waals surface area contributed by atoms with Crippen molar-refractivity contribution in [1.82, 2.24) is 0 Å². The number of aliphatic hydroxyl groups excluding tert-OH is 1. The van der Waals surface area contributed by atoms with E-state index in [1.165, 1.54) is 16.7 Å². The molecule has 1 aliphatic carbocycles. The number of hydrogen-bond acceptors (Lipinski definition) is 1. The molecule has 0 amide bonds. The van der Waals surface area contributed by atoms with E-state index in [9.17, 15) is 5.11 Å². The van der Waals surface area contributed by atoms with Crippen molar-refractivity contribution in [3.05, 3.63) is 34.4 Å². The fourth-order valence-corrected chi connectivity index (χ4v) is 2.07. The van der Waals surface area contributed by atoms with Crippen LogP contribution in [0.25, 0.3) is 0 Å². The van der Waals surface area contributed by atoms with Crippen molar-refractivity contribution in [2.75, 3.05) is 0 Å². The Hall–Kier alpha value is -0.820. The van der Waals surface area contributed by atoms with Gasteiger partial charge in [0.25, 0.3) is 0 Å². The third-order valence-corrected chi connectivity index (χ3v) is 3.04. The van der Waals surface area contributed by atoms with Gasteiger partial charge in [0.1, 0.15) is 0 Å². The zero-order chi connectivity index (χ0) is 9.42. The molecule has 0 aliphatic heterocycles. The Bertz CT molecular complexity index is 328. The normalized spacial score (nSPS) is 21.3. The van der Waals surface area contributed by atoms with Crippen LogP contribution in [0.1, 0.15) is 41.2 Å². The van der Waals surface area contributed by atoms with Gasteiger partial charge in [-0.2, -0.15) is 0 Å². The highest BCUT2D eigenvalue weighted by Crippen LogP contribution is 2.31. The van der Waals surface area contributed by atoms with Crippen LogP contribution in [-0.4, -0.2) is 5.11 Å². The van der Waals surface area contributed by atoms with Crippen LogP contribution in [0.2, 0.25) is 0 Å². The minimum absolute atomic E-state index is 0.219. The molecular formula is C12H16O. The zero-order valence-corrected chi connectivity index (χ0v) is 8.30. The molecule has 0 spiro atoms. The van der Waals surface area contributed by atoms with Crippen LogP contribution in [0.4, 0.5) is 0 Å². The third-order valence-electron chi connectivity index (χ3n) is 3.04. The second-order valence-corrected chi connectivity index (χ2v) is 4.04. The van der Waals surface area contributed by atoms with Crippen molar-refractivity contribution in [2.24, 2.45) is 0 Å². The lowest BCUT2D eigenvalue weighted by Gasteiger charge is -2.22. The van der Waals surface area contributed by atoms with Crippen LogP contribution >= 0.6 is 0 Å². The lowest BCUT2D eigenvalue weighted by Crippen LogP contribution is -2.09. The summed E-state index contributed by atoms with van der Waals surface area (Å²) in [4.78, 5) is 0. The molecule has 1 aliphatic rings. The molecule has 0 heterocycles. The molecule has 1 aromatic carbocycles. The summed E-state index contributed by atoms with van der Waals surface area (Å²) in [5.74, 6) is 0. The minimum atomic E-state index is -0.219. The monoisotopic (exact) mass is 176 g/mol. The third kappa shape index (κ3) is 1.49. The molecule has 13 heavy (non-hydrogen) atoms. The number of aliphatic hydroxyl groups is 1. The van der Waals surface area contributed by atoms with Gasteiger partial charge in [-0.1, -0.05) is 12.1 Å². The topological polar surface area (TPSA) is 20.2 Å². The van der Waals surface area contributed by atoms with Gasteiger partial charge in [-0.05, 0) is 55.4 Å². The maximum Gasteiger partial charge on any atom is 0.0792 e. The first-order valence-electron chi connectivity index (χ1n) is 4.96. The van der Waals surface area contributed by atoms with Crippen LogP contribution in [0, 0.1) is 13.8 Å². The number of benzene rings is 1. The van der Waals surface area contributed by atoms with Gasteiger partial charge in [-0.3, -0.25) is 0 Å². The van der Waals surface area contributed by atoms with Gasteiger partial charge >= 0.3 is 0 Å². The van der Waals surface area contributed by atoms with Gasteiger partial charge in [-0.25, -0.2) is 0 Å². The highest BCUT2D eigenvalue weighted by atomic mass is 16.3. The van der Waals surface area contributed by atoms with E-state index in [-0.39, 0.29) is 6.10 Å². The number of fused-ring (bicyclic) bond motifs is 1. The molecule has 1 heteroatoms. The summed E-state index contributed by atoms with van der Waals surface area (Å²) in [6, 6.07) is 4.38.